The topological polar surface area (TPSA) is 111 Å². The van der Waals surface area contributed by atoms with Gasteiger partial charge in [-0.05, 0) is 20.8 Å². The largest absolute Gasteiger partial charge is 0.505 e. The van der Waals surface area contributed by atoms with Crippen LogP contribution in [-0.2, 0) is 20.7 Å². The first-order valence-corrected chi connectivity index (χ1v) is 6.28. The third-order valence-corrected chi connectivity index (χ3v) is 2.26. The number of aromatic nitrogens is 2. The highest BCUT2D eigenvalue weighted by atomic mass is 16.6. The fraction of sp³-hybridized carbons (Fsp3) is 0.538. The van der Waals surface area contributed by atoms with E-state index in [9.17, 15) is 9.59 Å². The summed E-state index contributed by atoms with van der Waals surface area (Å²) in [7, 11) is 1.21. The SMILES string of the molecule is COC(=O)[C@H](Cc1ncc(O)cn1)NC(=O)OC(C)(C)C. The Morgan fingerprint density at radius 2 is 1.90 bits per heavy atom. The lowest BCUT2D eigenvalue weighted by Crippen LogP contribution is -2.45. The van der Waals surface area contributed by atoms with E-state index in [1.807, 2.05) is 0 Å². The molecule has 0 bridgehead atoms. The van der Waals surface area contributed by atoms with Gasteiger partial charge in [-0.25, -0.2) is 19.6 Å². The number of hydrogen-bond acceptors (Lipinski definition) is 7. The molecule has 0 aliphatic heterocycles. The third-order valence-electron chi connectivity index (χ3n) is 2.26. The molecule has 8 nitrogen and oxygen atoms in total. The molecule has 116 valence electrons. The van der Waals surface area contributed by atoms with Gasteiger partial charge in [0, 0.05) is 6.42 Å². The lowest BCUT2D eigenvalue weighted by molar-refractivity contribution is -0.143. The molecule has 0 aliphatic carbocycles. The first-order chi connectivity index (χ1) is 9.71. The van der Waals surface area contributed by atoms with E-state index < -0.39 is 23.7 Å². The maximum absolute atomic E-state index is 11.7. The number of rotatable bonds is 4. The molecular formula is C13H19N3O5. The number of alkyl carbamates (subject to hydrolysis) is 1. The van der Waals surface area contributed by atoms with Crippen molar-refractivity contribution in [2.24, 2.45) is 0 Å². The summed E-state index contributed by atoms with van der Waals surface area (Å²) in [6.45, 7) is 5.13. The number of carbonyl (C=O) groups excluding carboxylic acids is 2. The summed E-state index contributed by atoms with van der Waals surface area (Å²) >= 11 is 0. The molecule has 21 heavy (non-hydrogen) atoms. The number of ether oxygens (including phenoxy) is 2. The summed E-state index contributed by atoms with van der Waals surface area (Å²) < 4.78 is 9.71. The van der Waals surface area contributed by atoms with Crippen molar-refractivity contribution in [3.63, 3.8) is 0 Å². The quantitative estimate of drug-likeness (QED) is 0.790. The number of aromatic hydroxyl groups is 1. The van der Waals surface area contributed by atoms with Gasteiger partial charge in [-0.2, -0.15) is 0 Å². The normalized spacial score (nSPS) is 12.4. The van der Waals surface area contributed by atoms with Crippen LogP contribution in [0.2, 0.25) is 0 Å². The van der Waals surface area contributed by atoms with E-state index in [-0.39, 0.29) is 18.0 Å². The van der Waals surface area contributed by atoms with Crippen LogP contribution in [0.5, 0.6) is 5.75 Å². The van der Waals surface area contributed by atoms with Crippen molar-refractivity contribution in [3.05, 3.63) is 18.2 Å². The second-order valence-corrected chi connectivity index (χ2v) is 5.28. The molecule has 1 aromatic heterocycles. The molecule has 0 radical (unpaired) electrons. The maximum Gasteiger partial charge on any atom is 0.408 e. The Hall–Kier alpha value is -2.38. The number of methoxy groups -OCH3 is 1. The summed E-state index contributed by atoms with van der Waals surface area (Å²) in [5, 5.41) is 11.5. The Morgan fingerprint density at radius 3 is 2.38 bits per heavy atom. The van der Waals surface area contributed by atoms with Crippen molar-refractivity contribution < 1.29 is 24.2 Å². The molecule has 8 heteroatoms. The van der Waals surface area contributed by atoms with E-state index in [1.54, 1.807) is 20.8 Å². The number of nitrogens with one attached hydrogen (secondary N) is 1. The van der Waals surface area contributed by atoms with Gasteiger partial charge in [0.25, 0.3) is 0 Å². The number of amides is 1. The zero-order chi connectivity index (χ0) is 16.0. The number of hydrogen-bond donors (Lipinski definition) is 2. The summed E-state index contributed by atoms with van der Waals surface area (Å²) in [5.74, 6) is -0.453. The van der Waals surface area contributed by atoms with E-state index in [4.69, 9.17) is 9.84 Å². The minimum atomic E-state index is -0.977. The van der Waals surface area contributed by atoms with Crippen LogP contribution < -0.4 is 5.32 Å². The van der Waals surface area contributed by atoms with Crippen LogP contribution in [0, 0.1) is 0 Å². The van der Waals surface area contributed by atoms with Crippen molar-refractivity contribution in [3.8, 4) is 5.75 Å². The second-order valence-electron chi connectivity index (χ2n) is 5.28. The standard InChI is InChI=1S/C13H19N3O5/c1-13(2,3)21-12(19)16-9(11(18)20-4)5-10-14-6-8(17)7-15-10/h6-7,9,17H,5H2,1-4H3,(H,16,19)/t9-/m0/s1. The summed E-state index contributed by atoms with van der Waals surface area (Å²) in [5.41, 5.74) is -0.681. The summed E-state index contributed by atoms with van der Waals surface area (Å²) in [4.78, 5) is 31.1. The van der Waals surface area contributed by atoms with Crippen molar-refractivity contribution in [2.45, 2.75) is 38.8 Å². The molecule has 0 fully saturated rings. The van der Waals surface area contributed by atoms with E-state index in [1.165, 1.54) is 19.5 Å². The molecule has 1 amide bonds. The average Bonchev–Trinajstić information content (AvgIpc) is 2.37. The predicted molar refractivity (Wildman–Crippen MR) is 72.6 cm³/mol. The Kier molecular flexibility index (Phi) is 5.45. The van der Waals surface area contributed by atoms with E-state index in [2.05, 4.69) is 20.0 Å². The molecule has 0 aliphatic rings. The van der Waals surface area contributed by atoms with Crippen LogP contribution in [-0.4, -0.2) is 45.9 Å². The average molecular weight is 297 g/mol. The van der Waals surface area contributed by atoms with E-state index in [0.717, 1.165) is 0 Å². The van der Waals surface area contributed by atoms with Gasteiger partial charge < -0.3 is 19.9 Å². The van der Waals surface area contributed by atoms with Crippen LogP contribution in [0.4, 0.5) is 4.79 Å². The minimum absolute atomic E-state index is 0.0200. The second kappa shape index (κ2) is 6.87. The van der Waals surface area contributed by atoms with Crippen molar-refractivity contribution >= 4 is 12.1 Å². The molecule has 1 aromatic rings. The highest BCUT2D eigenvalue weighted by Crippen LogP contribution is 2.08. The smallest absolute Gasteiger partial charge is 0.408 e. The van der Waals surface area contributed by atoms with Gasteiger partial charge in [0.1, 0.15) is 17.5 Å². The zero-order valence-electron chi connectivity index (χ0n) is 12.4. The van der Waals surface area contributed by atoms with Gasteiger partial charge in [-0.3, -0.25) is 0 Å². The Labute approximate surface area is 122 Å². The molecule has 0 aromatic carbocycles. The van der Waals surface area contributed by atoms with E-state index in [0.29, 0.717) is 0 Å². The van der Waals surface area contributed by atoms with Gasteiger partial charge in [-0.15, -0.1) is 0 Å². The van der Waals surface area contributed by atoms with E-state index >= 15 is 0 Å². The lowest BCUT2D eigenvalue weighted by Gasteiger charge is -2.22. The van der Waals surface area contributed by atoms with Crippen LogP contribution >= 0.6 is 0 Å². The molecule has 0 unspecified atom stereocenters. The summed E-state index contributed by atoms with van der Waals surface area (Å²) in [6.07, 6.45) is 1.68. The fourth-order valence-electron chi connectivity index (χ4n) is 1.42. The predicted octanol–water partition coefficient (Wildman–Crippen LogP) is 0.791. The molecule has 1 rings (SSSR count). The van der Waals surface area contributed by atoms with Crippen LogP contribution in [0.3, 0.4) is 0 Å². The number of nitrogens with zero attached hydrogens (tertiary/aromatic N) is 2. The Balaban J connectivity index is 2.74. The number of esters is 1. The minimum Gasteiger partial charge on any atom is -0.505 e. The Morgan fingerprint density at radius 1 is 1.33 bits per heavy atom. The molecule has 0 saturated heterocycles. The zero-order valence-corrected chi connectivity index (χ0v) is 12.4. The van der Waals surface area contributed by atoms with Gasteiger partial charge in [0.2, 0.25) is 0 Å². The molecule has 0 spiro atoms. The first-order valence-electron chi connectivity index (χ1n) is 6.28. The van der Waals surface area contributed by atoms with Crippen LogP contribution in [0.15, 0.2) is 12.4 Å². The monoisotopic (exact) mass is 297 g/mol. The number of carbonyl (C=O) groups is 2. The molecule has 2 N–H and O–H groups in total. The van der Waals surface area contributed by atoms with Gasteiger partial charge in [-0.1, -0.05) is 0 Å². The lowest BCUT2D eigenvalue weighted by atomic mass is 10.2. The van der Waals surface area contributed by atoms with Crippen molar-refractivity contribution in [1.29, 1.82) is 0 Å². The molecule has 1 atom stereocenters. The fourth-order valence-corrected chi connectivity index (χ4v) is 1.42. The van der Waals surface area contributed by atoms with Crippen LogP contribution in [0.25, 0.3) is 0 Å². The molecular weight excluding hydrogens is 278 g/mol. The summed E-state index contributed by atoms with van der Waals surface area (Å²) in [6, 6.07) is -0.977. The molecule has 1 heterocycles. The van der Waals surface area contributed by atoms with Gasteiger partial charge >= 0.3 is 12.1 Å². The first kappa shape index (κ1) is 16.7. The van der Waals surface area contributed by atoms with Crippen LogP contribution in [0.1, 0.15) is 26.6 Å². The van der Waals surface area contributed by atoms with Gasteiger partial charge in [0.05, 0.1) is 19.5 Å². The van der Waals surface area contributed by atoms with Crippen molar-refractivity contribution in [1.82, 2.24) is 15.3 Å². The third kappa shape index (κ3) is 6.07. The highest BCUT2D eigenvalue weighted by molar-refractivity contribution is 5.81. The van der Waals surface area contributed by atoms with Crippen molar-refractivity contribution in [2.75, 3.05) is 7.11 Å². The highest BCUT2D eigenvalue weighted by Gasteiger charge is 2.26. The Bertz CT molecular complexity index is 496. The maximum atomic E-state index is 11.7. The molecule has 0 saturated carbocycles. The van der Waals surface area contributed by atoms with Gasteiger partial charge in [0.15, 0.2) is 5.75 Å².